The molecule has 1 atom stereocenters. The van der Waals surface area contributed by atoms with Gasteiger partial charge in [-0.3, -0.25) is 4.79 Å². The van der Waals surface area contributed by atoms with Gasteiger partial charge in [-0.25, -0.2) is 0 Å². The second-order valence-corrected chi connectivity index (χ2v) is 5.92. The maximum atomic E-state index is 12.3. The standard InChI is InChI=1S/C19H19NO3/c1-22-19(13-20)10-15-8-5-9-16(21)18(15)17(11-19)23-12-14-6-3-2-4-7-14/h2-4,6-7,11H,5,8-10,12H2,1H3. The highest BCUT2D eigenvalue weighted by atomic mass is 16.5. The quantitative estimate of drug-likeness (QED) is 0.854. The van der Waals surface area contributed by atoms with E-state index in [4.69, 9.17) is 9.47 Å². The number of benzene rings is 1. The Labute approximate surface area is 136 Å². The second kappa shape index (κ2) is 6.39. The van der Waals surface area contributed by atoms with E-state index >= 15 is 0 Å². The number of methoxy groups -OCH3 is 1. The van der Waals surface area contributed by atoms with Crippen molar-refractivity contribution in [1.82, 2.24) is 0 Å². The Morgan fingerprint density at radius 2 is 2.04 bits per heavy atom. The Balaban J connectivity index is 1.92. The van der Waals surface area contributed by atoms with Gasteiger partial charge >= 0.3 is 0 Å². The van der Waals surface area contributed by atoms with Crippen LogP contribution >= 0.6 is 0 Å². The smallest absolute Gasteiger partial charge is 0.179 e. The van der Waals surface area contributed by atoms with Crippen molar-refractivity contribution in [3.05, 3.63) is 58.9 Å². The van der Waals surface area contributed by atoms with Gasteiger partial charge in [0, 0.05) is 26.0 Å². The molecule has 0 saturated carbocycles. The monoisotopic (exact) mass is 309 g/mol. The number of allylic oxidation sites excluding steroid dienone is 1. The molecule has 0 fully saturated rings. The summed E-state index contributed by atoms with van der Waals surface area (Å²) >= 11 is 0. The van der Waals surface area contributed by atoms with Gasteiger partial charge in [-0.15, -0.1) is 0 Å². The minimum absolute atomic E-state index is 0.105. The molecular formula is C19H19NO3. The van der Waals surface area contributed by atoms with Gasteiger partial charge in [-0.2, -0.15) is 5.26 Å². The van der Waals surface area contributed by atoms with Crippen LogP contribution < -0.4 is 0 Å². The van der Waals surface area contributed by atoms with Crippen LogP contribution in [-0.4, -0.2) is 18.5 Å². The number of carbonyl (C=O) groups excluding carboxylic acids is 1. The van der Waals surface area contributed by atoms with Crippen molar-refractivity contribution in [2.75, 3.05) is 7.11 Å². The lowest BCUT2D eigenvalue weighted by molar-refractivity contribution is -0.116. The van der Waals surface area contributed by atoms with E-state index in [1.165, 1.54) is 7.11 Å². The maximum Gasteiger partial charge on any atom is 0.179 e. The summed E-state index contributed by atoms with van der Waals surface area (Å²) in [5.41, 5.74) is 1.62. The van der Waals surface area contributed by atoms with E-state index in [2.05, 4.69) is 6.07 Å². The Morgan fingerprint density at radius 3 is 2.74 bits per heavy atom. The van der Waals surface area contributed by atoms with Crippen LogP contribution in [0.2, 0.25) is 0 Å². The maximum absolute atomic E-state index is 12.3. The number of carbonyl (C=O) groups is 1. The van der Waals surface area contributed by atoms with Crippen LogP contribution in [0.3, 0.4) is 0 Å². The molecule has 1 aromatic carbocycles. The molecule has 4 nitrogen and oxygen atoms in total. The molecule has 118 valence electrons. The summed E-state index contributed by atoms with van der Waals surface area (Å²) in [5.74, 6) is 0.594. The zero-order valence-electron chi connectivity index (χ0n) is 13.2. The van der Waals surface area contributed by atoms with Crippen molar-refractivity contribution in [3.8, 4) is 6.07 Å². The van der Waals surface area contributed by atoms with Gasteiger partial charge in [0.2, 0.25) is 0 Å². The average Bonchev–Trinajstić information content (AvgIpc) is 2.60. The SMILES string of the molecule is COC1(C#N)C=C(OCc2ccccc2)C2=C(CCCC2=O)C1. The third kappa shape index (κ3) is 3.06. The molecule has 0 radical (unpaired) electrons. The zero-order chi connectivity index (χ0) is 16.3. The number of hydrogen-bond donors (Lipinski definition) is 0. The molecule has 2 aliphatic rings. The van der Waals surface area contributed by atoms with E-state index in [0.717, 1.165) is 24.0 Å². The van der Waals surface area contributed by atoms with Crippen molar-refractivity contribution in [2.24, 2.45) is 0 Å². The highest BCUT2D eigenvalue weighted by Crippen LogP contribution is 2.40. The third-order valence-corrected chi connectivity index (χ3v) is 4.39. The van der Waals surface area contributed by atoms with Crippen LogP contribution in [0.4, 0.5) is 0 Å². The van der Waals surface area contributed by atoms with Crippen LogP contribution in [0.15, 0.2) is 53.3 Å². The fourth-order valence-electron chi connectivity index (χ4n) is 3.15. The third-order valence-electron chi connectivity index (χ3n) is 4.39. The largest absolute Gasteiger partial charge is 0.488 e. The molecule has 23 heavy (non-hydrogen) atoms. The predicted molar refractivity (Wildman–Crippen MR) is 85.2 cm³/mol. The van der Waals surface area contributed by atoms with Gasteiger partial charge in [0.15, 0.2) is 11.4 Å². The van der Waals surface area contributed by atoms with Crippen molar-refractivity contribution in [3.63, 3.8) is 0 Å². The van der Waals surface area contributed by atoms with Crippen LogP contribution in [0.5, 0.6) is 0 Å². The Kier molecular flexibility index (Phi) is 4.31. The van der Waals surface area contributed by atoms with E-state index in [1.807, 2.05) is 30.3 Å². The first-order valence-electron chi connectivity index (χ1n) is 7.79. The van der Waals surface area contributed by atoms with Gasteiger partial charge in [0.1, 0.15) is 18.4 Å². The summed E-state index contributed by atoms with van der Waals surface area (Å²) in [5, 5.41) is 9.52. The molecule has 0 saturated heterocycles. The van der Waals surface area contributed by atoms with Gasteiger partial charge in [0.25, 0.3) is 0 Å². The molecule has 1 aromatic rings. The van der Waals surface area contributed by atoms with E-state index in [9.17, 15) is 10.1 Å². The molecule has 0 aliphatic heterocycles. The molecule has 1 unspecified atom stereocenters. The molecule has 0 N–H and O–H groups in total. The van der Waals surface area contributed by atoms with Crippen LogP contribution in [-0.2, 0) is 20.9 Å². The highest BCUT2D eigenvalue weighted by Gasteiger charge is 2.39. The molecule has 0 spiro atoms. The second-order valence-electron chi connectivity index (χ2n) is 5.92. The summed E-state index contributed by atoms with van der Waals surface area (Å²) < 4.78 is 11.4. The van der Waals surface area contributed by atoms with E-state index in [1.54, 1.807) is 6.08 Å². The number of nitriles is 1. The molecule has 0 heterocycles. The van der Waals surface area contributed by atoms with E-state index in [-0.39, 0.29) is 5.78 Å². The van der Waals surface area contributed by atoms with E-state index in [0.29, 0.717) is 30.8 Å². The molecule has 2 aliphatic carbocycles. The van der Waals surface area contributed by atoms with Crippen molar-refractivity contribution >= 4 is 5.78 Å². The first-order chi connectivity index (χ1) is 11.2. The first-order valence-corrected chi connectivity index (χ1v) is 7.79. The van der Waals surface area contributed by atoms with Gasteiger partial charge in [-0.1, -0.05) is 35.9 Å². The number of rotatable bonds is 4. The summed E-state index contributed by atoms with van der Waals surface area (Å²) in [6.45, 7) is 0.363. The topological polar surface area (TPSA) is 59.3 Å². The molecule has 0 aromatic heterocycles. The van der Waals surface area contributed by atoms with Crippen LogP contribution in [0.25, 0.3) is 0 Å². The number of Topliss-reactive ketones (excluding diaryl/α,β-unsaturated/α-hetero) is 1. The van der Waals surface area contributed by atoms with Crippen molar-refractivity contribution < 1.29 is 14.3 Å². The fraction of sp³-hybridized carbons (Fsp3) is 0.368. The van der Waals surface area contributed by atoms with Gasteiger partial charge in [-0.05, 0) is 18.4 Å². The molecule has 0 amide bonds. The normalized spacial score (nSPS) is 23.8. The molecular weight excluding hydrogens is 290 g/mol. The Bertz CT molecular complexity index is 712. The van der Waals surface area contributed by atoms with Crippen molar-refractivity contribution in [1.29, 1.82) is 5.26 Å². The average molecular weight is 309 g/mol. The molecule has 3 rings (SSSR count). The lowest BCUT2D eigenvalue weighted by Gasteiger charge is -2.32. The number of ether oxygens (including phenoxy) is 2. The highest BCUT2D eigenvalue weighted by molar-refractivity contribution is 6.01. The summed E-state index contributed by atoms with van der Waals surface area (Å²) in [7, 11) is 1.52. The fourth-order valence-corrected chi connectivity index (χ4v) is 3.15. The van der Waals surface area contributed by atoms with Gasteiger partial charge in [0.05, 0.1) is 5.57 Å². The molecule has 0 bridgehead atoms. The summed E-state index contributed by atoms with van der Waals surface area (Å²) in [6.07, 6.45) is 4.30. The van der Waals surface area contributed by atoms with Crippen molar-refractivity contribution in [2.45, 2.75) is 37.9 Å². The van der Waals surface area contributed by atoms with E-state index < -0.39 is 5.60 Å². The lowest BCUT2D eigenvalue weighted by atomic mass is 9.78. The Morgan fingerprint density at radius 1 is 1.26 bits per heavy atom. The first kappa shape index (κ1) is 15.5. The summed E-state index contributed by atoms with van der Waals surface area (Å²) in [6, 6.07) is 12.0. The van der Waals surface area contributed by atoms with Crippen LogP contribution in [0, 0.1) is 11.3 Å². The molecule has 4 heteroatoms. The number of hydrogen-bond acceptors (Lipinski definition) is 4. The Hall–Kier alpha value is -2.38. The van der Waals surface area contributed by atoms with Crippen LogP contribution in [0.1, 0.15) is 31.2 Å². The zero-order valence-corrected chi connectivity index (χ0v) is 13.2. The predicted octanol–water partition coefficient (Wildman–Crippen LogP) is 3.45. The lowest BCUT2D eigenvalue weighted by Crippen LogP contribution is -2.34. The minimum atomic E-state index is -1.04. The summed E-state index contributed by atoms with van der Waals surface area (Å²) in [4.78, 5) is 12.3. The number of nitrogens with zero attached hydrogens (tertiary/aromatic N) is 1. The van der Waals surface area contributed by atoms with Gasteiger partial charge < -0.3 is 9.47 Å². The minimum Gasteiger partial charge on any atom is -0.488 e. The number of ketones is 1.